The maximum atomic E-state index is 12.7. The average Bonchev–Trinajstić information content (AvgIpc) is 2.99. The van der Waals surface area contributed by atoms with Crippen molar-refractivity contribution < 1.29 is 18.0 Å². The van der Waals surface area contributed by atoms with Crippen LogP contribution in [0.1, 0.15) is 25.5 Å². The molecule has 26 heavy (non-hydrogen) atoms. The summed E-state index contributed by atoms with van der Waals surface area (Å²) in [6, 6.07) is 3.57. The zero-order valence-electron chi connectivity index (χ0n) is 14.8. The summed E-state index contributed by atoms with van der Waals surface area (Å²) in [5.41, 5.74) is 1.80. The fourth-order valence-corrected chi connectivity index (χ4v) is 2.77. The second-order valence-corrected chi connectivity index (χ2v) is 7.02. The van der Waals surface area contributed by atoms with Gasteiger partial charge in [0.1, 0.15) is 0 Å². The summed E-state index contributed by atoms with van der Waals surface area (Å²) in [5.74, 6) is -0.228. The minimum atomic E-state index is -4.24. The molecule has 0 bridgehead atoms. The Labute approximate surface area is 154 Å². The maximum absolute atomic E-state index is 12.7. The highest BCUT2D eigenvalue weighted by atomic mass is 32.2. The van der Waals surface area contributed by atoms with Crippen molar-refractivity contribution in [3.63, 3.8) is 0 Å². The number of halogens is 3. The van der Waals surface area contributed by atoms with Gasteiger partial charge in [0, 0.05) is 19.2 Å². The number of carbonyl (C=O) groups excluding carboxylic acids is 1. The number of carbonyl (C=O) groups is 1. The highest BCUT2D eigenvalue weighted by molar-refractivity contribution is 7.99. The normalized spacial score (nSPS) is 12.8. The van der Waals surface area contributed by atoms with E-state index in [2.05, 4.69) is 10.1 Å². The van der Waals surface area contributed by atoms with Gasteiger partial charge in [0.05, 0.1) is 34.7 Å². The molecule has 0 fully saturated rings. The summed E-state index contributed by atoms with van der Waals surface area (Å²) in [6.45, 7) is 3.46. The summed E-state index contributed by atoms with van der Waals surface area (Å²) >= 11 is 1.35. The Morgan fingerprint density at radius 3 is 2.73 bits per heavy atom. The number of alkyl halides is 3. The van der Waals surface area contributed by atoms with E-state index in [1.54, 1.807) is 49.4 Å². The van der Waals surface area contributed by atoms with Crippen LogP contribution in [0, 0.1) is 6.92 Å². The number of hydrogen-bond donors (Lipinski definition) is 0. The molecule has 5 nitrogen and oxygen atoms in total. The number of rotatable bonds is 7. The van der Waals surface area contributed by atoms with Crippen molar-refractivity contribution in [1.29, 1.82) is 0 Å². The van der Waals surface area contributed by atoms with Gasteiger partial charge in [0.2, 0.25) is 5.91 Å². The molecule has 2 rings (SSSR count). The molecule has 0 aromatic carbocycles. The maximum Gasteiger partial charge on any atom is 0.389 e. The Hall–Kier alpha value is -2.03. The van der Waals surface area contributed by atoms with Crippen LogP contribution in [0.4, 0.5) is 18.9 Å². The third-order valence-corrected chi connectivity index (χ3v) is 4.79. The lowest BCUT2D eigenvalue weighted by Crippen LogP contribution is -2.38. The second kappa shape index (κ2) is 8.57. The number of aromatic nitrogens is 3. The van der Waals surface area contributed by atoms with Crippen molar-refractivity contribution in [1.82, 2.24) is 14.8 Å². The Morgan fingerprint density at radius 2 is 2.15 bits per heavy atom. The van der Waals surface area contributed by atoms with E-state index in [-0.39, 0.29) is 24.1 Å². The Morgan fingerprint density at radius 1 is 1.42 bits per heavy atom. The molecule has 2 heterocycles. The van der Waals surface area contributed by atoms with Crippen LogP contribution in [0.2, 0.25) is 0 Å². The molecule has 9 heteroatoms. The molecule has 0 radical (unpaired) electrons. The molecule has 0 saturated heterocycles. The number of anilines is 1. The second-order valence-electron chi connectivity index (χ2n) is 5.84. The van der Waals surface area contributed by atoms with Crippen LogP contribution in [0.25, 0.3) is 5.69 Å². The predicted molar refractivity (Wildman–Crippen MR) is 96.7 cm³/mol. The van der Waals surface area contributed by atoms with Crippen LogP contribution in [0.15, 0.2) is 30.7 Å². The molecule has 0 saturated carbocycles. The van der Waals surface area contributed by atoms with Crippen LogP contribution in [-0.4, -0.2) is 44.9 Å². The molecule has 142 valence electrons. The van der Waals surface area contributed by atoms with Crippen molar-refractivity contribution in [3.05, 3.63) is 36.4 Å². The number of nitrogens with zero attached hydrogens (tertiary/aromatic N) is 4. The molecule has 1 atom stereocenters. The van der Waals surface area contributed by atoms with Gasteiger partial charge in [0.15, 0.2) is 0 Å². The van der Waals surface area contributed by atoms with E-state index < -0.39 is 12.6 Å². The standard InChI is InChI=1S/C17H21F3N4OS/c1-12-15(11-24(22-12)14-6-4-8-21-10-14)23(16(25)13(2)26-3)9-5-7-17(18,19)20/h4,6,8,10-11,13H,5,7,9H2,1-3H3. The van der Waals surface area contributed by atoms with Crippen molar-refractivity contribution in [2.24, 2.45) is 0 Å². The molecular formula is C17H21F3N4OS. The fourth-order valence-electron chi connectivity index (χ4n) is 2.44. The highest BCUT2D eigenvalue weighted by Gasteiger charge is 2.29. The lowest BCUT2D eigenvalue weighted by Gasteiger charge is -2.25. The van der Waals surface area contributed by atoms with Crippen LogP contribution in [0.3, 0.4) is 0 Å². The quantitative estimate of drug-likeness (QED) is 0.722. The number of amides is 1. The summed E-state index contributed by atoms with van der Waals surface area (Å²) in [4.78, 5) is 18.1. The van der Waals surface area contributed by atoms with Crippen LogP contribution in [-0.2, 0) is 4.79 Å². The van der Waals surface area contributed by atoms with Gasteiger partial charge in [0.25, 0.3) is 0 Å². The molecule has 0 aliphatic carbocycles. The minimum absolute atomic E-state index is 0.0111. The smallest absolute Gasteiger partial charge is 0.308 e. The Balaban J connectivity index is 2.29. The van der Waals surface area contributed by atoms with Crippen LogP contribution < -0.4 is 4.90 Å². The van der Waals surface area contributed by atoms with E-state index in [0.29, 0.717) is 17.1 Å². The zero-order chi connectivity index (χ0) is 19.3. The van der Waals surface area contributed by atoms with Gasteiger partial charge >= 0.3 is 6.18 Å². The van der Waals surface area contributed by atoms with Gasteiger partial charge in [-0.25, -0.2) is 4.68 Å². The van der Waals surface area contributed by atoms with Gasteiger partial charge in [-0.2, -0.15) is 30.0 Å². The van der Waals surface area contributed by atoms with Crippen molar-refractivity contribution in [2.45, 2.75) is 38.1 Å². The third-order valence-electron chi connectivity index (χ3n) is 3.88. The number of thioether (sulfide) groups is 1. The lowest BCUT2D eigenvalue weighted by atomic mass is 10.2. The number of hydrogen-bond acceptors (Lipinski definition) is 4. The fraction of sp³-hybridized carbons (Fsp3) is 0.471. The first-order chi connectivity index (χ1) is 12.2. The first-order valence-corrected chi connectivity index (χ1v) is 9.39. The summed E-state index contributed by atoms with van der Waals surface area (Å²) in [5, 5.41) is 4.02. The van der Waals surface area contributed by atoms with Crippen molar-refractivity contribution >= 4 is 23.4 Å². The predicted octanol–water partition coefficient (Wildman–Crippen LogP) is 4.00. The third kappa shape index (κ3) is 5.23. The average molecular weight is 386 g/mol. The molecule has 0 spiro atoms. The van der Waals surface area contributed by atoms with Gasteiger partial charge in [-0.15, -0.1) is 0 Å². The molecule has 1 amide bonds. The Bertz CT molecular complexity index is 733. The number of pyridine rings is 1. The van der Waals surface area contributed by atoms with E-state index in [1.165, 1.54) is 16.7 Å². The first kappa shape index (κ1) is 20.3. The SMILES string of the molecule is CSC(C)C(=O)N(CCCC(F)(F)F)c1cn(-c2cccnc2)nc1C. The van der Waals surface area contributed by atoms with Gasteiger partial charge in [-0.3, -0.25) is 9.78 Å². The largest absolute Gasteiger partial charge is 0.389 e. The van der Waals surface area contributed by atoms with Crippen molar-refractivity contribution in [3.8, 4) is 5.69 Å². The van der Waals surface area contributed by atoms with Crippen molar-refractivity contribution in [2.75, 3.05) is 17.7 Å². The highest BCUT2D eigenvalue weighted by Crippen LogP contribution is 2.26. The van der Waals surface area contributed by atoms with Crippen LogP contribution >= 0.6 is 11.8 Å². The topological polar surface area (TPSA) is 51.0 Å². The summed E-state index contributed by atoms with van der Waals surface area (Å²) in [6.07, 6.45) is 1.38. The van der Waals surface area contributed by atoms with Gasteiger partial charge in [-0.1, -0.05) is 0 Å². The monoisotopic (exact) mass is 386 g/mol. The molecule has 0 N–H and O–H groups in total. The van der Waals surface area contributed by atoms with E-state index in [0.717, 1.165) is 0 Å². The van der Waals surface area contributed by atoms with E-state index in [9.17, 15) is 18.0 Å². The zero-order valence-corrected chi connectivity index (χ0v) is 15.6. The van der Waals surface area contributed by atoms with E-state index >= 15 is 0 Å². The lowest BCUT2D eigenvalue weighted by molar-refractivity contribution is -0.135. The van der Waals surface area contributed by atoms with Gasteiger partial charge in [-0.05, 0) is 38.7 Å². The molecule has 1 unspecified atom stereocenters. The number of aryl methyl sites for hydroxylation is 1. The van der Waals surface area contributed by atoms with E-state index in [1.807, 2.05) is 6.07 Å². The molecular weight excluding hydrogens is 365 g/mol. The summed E-state index contributed by atoms with van der Waals surface area (Å²) in [7, 11) is 0. The molecule has 0 aliphatic heterocycles. The first-order valence-electron chi connectivity index (χ1n) is 8.10. The summed E-state index contributed by atoms with van der Waals surface area (Å²) < 4.78 is 39.1. The van der Waals surface area contributed by atoms with Crippen LogP contribution in [0.5, 0.6) is 0 Å². The molecule has 0 aliphatic rings. The van der Waals surface area contributed by atoms with Gasteiger partial charge < -0.3 is 4.90 Å². The molecule has 2 aromatic rings. The minimum Gasteiger partial charge on any atom is -0.308 e. The molecule has 2 aromatic heterocycles. The van der Waals surface area contributed by atoms with E-state index in [4.69, 9.17) is 0 Å². The Kier molecular flexibility index (Phi) is 6.69.